The summed E-state index contributed by atoms with van der Waals surface area (Å²) in [7, 11) is 0. The van der Waals surface area contributed by atoms with E-state index in [1.807, 2.05) is 0 Å². The van der Waals surface area contributed by atoms with Crippen LogP contribution < -0.4 is 21.1 Å². The molecule has 33 heavy (non-hydrogen) atoms. The van der Waals surface area contributed by atoms with Gasteiger partial charge in [-0.15, -0.1) is 0 Å². The zero-order chi connectivity index (χ0) is 23.8. The molecule has 1 fully saturated rings. The average Bonchev–Trinajstić information content (AvgIpc) is 3.05. The van der Waals surface area contributed by atoms with Crippen molar-refractivity contribution in [1.82, 2.24) is 10.6 Å². The van der Waals surface area contributed by atoms with E-state index in [0.29, 0.717) is 12.1 Å². The van der Waals surface area contributed by atoms with E-state index in [4.69, 9.17) is 10.5 Å². The summed E-state index contributed by atoms with van der Waals surface area (Å²) in [5.74, 6) is -2.13. The van der Waals surface area contributed by atoms with E-state index in [1.54, 1.807) is 12.1 Å². The van der Waals surface area contributed by atoms with Crippen LogP contribution in [0.15, 0.2) is 18.2 Å². The lowest BCUT2D eigenvalue weighted by atomic mass is 10.0. The third kappa shape index (κ3) is 5.95. The molecule has 0 aliphatic carbocycles. The lowest BCUT2D eigenvalue weighted by molar-refractivity contribution is -0.825. The molecule has 2 aliphatic heterocycles. The summed E-state index contributed by atoms with van der Waals surface area (Å²) in [6.07, 6.45) is 6.33. The Morgan fingerprint density at radius 3 is 2.61 bits per heavy atom. The Kier molecular flexibility index (Phi) is 8.54. The van der Waals surface area contributed by atoms with E-state index < -0.39 is 28.4 Å². The van der Waals surface area contributed by atoms with Crippen molar-refractivity contribution in [2.75, 3.05) is 19.7 Å². The number of carbonyl (C=O) groups is 4. The number of imide groups is 1. The molecular weight excluding hydrogens is 428 g/mol. The van der Waals surface area contributed by atoms with Gasteiger partial charge in [0.25, 0.3) is 11.8 Å². The van der Waals surface area contributed by atoms with Gasteiger partial charge < -0.3 is 21.0 Å². The number of unbranched alkanes of at least 4 members (excludes halogenated alkanes) is 5. The fourth-order valence-corrected chi connectivity index (χ4v) is 4.32. The molecule has 0 spiro atoms. The lowest BCUT2D eigenvalue weighted by Crippen LogP contribution is -2.60. The Labute approximate surface area is 193 Å². The molecule has 1 saturated heterocycles. The summed E-state index contributed by atoms with van der Waals surface area (Å²) >= 11 is 0. The maximum absolute atomic E-state index is 13.4. The molecule has 1 aromatic rings. The number of amides is 4. The second kappa shape index (κ2) is 11.4. The smallest absolute Gasteiger partial charge is 0.351 e. The predicted octanol–water partition coefficient (Wildman–Crippen LogP) is 1.25. The number of nitrogens with zero attached hydrogens (tertiary/aromatic N) is 1. The van der Waals surface area contributed by atoms with E-state index in [2.05, 4.69) is 10.6 Å². The summed E-state index contributed by atoms with van der Waals surface area (Å²) in [6.45, 7) is 0.769. The molecule has 4 N–H and O–H groups in total. The van der Waals surface area contributed by atoms with E-state index in [1.165, 1.54) is 6.07 Å². The number of benzene rings is 1. The summed E-state index contributed by atoms with van der Waals surface area (Å²) in [4.78, 5) is 48.8. The number of ether oxygens (including phenoxy) is 1. The predicted molar refractivity (Wildman–Crippen MR) is 120 cm³/mol. The SMILES string of the molecule is NCCCCCCCCNC(=O)COc1cccc2c1C(=O)[N+]([O-])(C1CCC(=O)NC1=O)C2. The molecule has 0 aromatic heterocycles. The molecule has 4 amide bonds. The van der Waals surface area contributed by atoms with Gasteiger partial charge in [-0.25, -0.2) is 4.79 Å². The molecule has 2 aliphatic rings. The molecular formula is C23H32N4O6. The lowest BCUT2D eigenvalue weighted by Gasteiger charge is -2.42. The van der Waals surface area contributed by atoms with Crippen LogP contribution in [-0.4, -0.2) is 54.0 Å². The first-order valence-corrected chi connectivity index (χ1v) is 11.6. The van der Waals surface area contributed by atoms with Gasteiger partial charge in [-0.2, -0.15) is 0 Å². The van der Waals surface area contributed by atoms with Gasteiger partial charge in [0.2, 0.25) is 5.91 Å². The Morgan fingerprint density at radius 2 is 1.88 bits per heavy atom. The van der Waals surface area contributed by atoms with Crippen molar-refractivity contribution in [3.8, 4) is 5.75 Å². The molecule has 2 unspecified atom stereocenters. The number of hydrogen-bond donors (Lipinski definition) is 3. The Bertz CT molecular complexity index is 905. The molecule has 2 atom stereocenters. The number of nitrogens with two attached hydrogens (primary N) is 1. The van der Waals surface area contributed by atoms with Crippen molar-refractivity contribution in [2.45, 2.75) is 64.0 Å². The summed E-state index contributed by atoms with van der Waals surface area (Å²) in [5, 5.41) is 18.3. The molecule has 0 saturated carbocycles. The molecule has 180 valence electrons. The van der Waals surface area contributed by atoms with Crippen LogP contribution >= 0.6 is 0 Å². The van der Waals surface area contributed by atoms with E-state index >= 15 is 0 Å². The second-order valence-electron chi connectivity index (χ2n) is 8.56. The van der Waals surface area contributed by atoms with Crippen LogP contribution in [0.5, 0.6) is 5.75 Å². The normalized spacial score (nSPS) is 22.1. The highest BCUT2D eigenvalue weighted by Crippen LogP contribution is 2.38. The third-order valence-corrected chi connectivity index (χ3v) is 6.10. The van der Waals surface area contributed by atoms with Crippen LogP contribution in [0, 0.1) is 5.21 Å². The Morgan fingerprint density at radius 1 is 1.15 bits per heavy atom. The number of carbonyl (C=O) groups excluding carboxylic acids is 4. The molecule has 10 heteroatoms. The third-order valence-electron chi connectivity index (χ3n) is 6.10. The maximum atomic E-state index is 13.4. The number of fused-ring (bicyclic) bond motifs is 1. The van der Waals surface area contributed by atoms with Gasteiger partial charge in [0, 0.05) is 24.9 Å². The second-order valence-corrected chi connectivity index (χ2v) is 8.56. The summed E-state index contributed by atoms with van der Waals surface area (Å²) in [6, 6.07) is 3.63. The molecule has 2 heterocycles. The largest absolute Gasteiger partial charge is 0.624 e. The van der Waals surface area contributed by atoms with Crippen LogP contribution in [0.1, 0.15) is 67.3 Å². The number of hydrogen-bond acceptors (Lipinski definition) is 7. The van der Waals surface area contributed by atoms with Gasteiger partial charge in [0.05, 0.1) is 0 Å². The van der Waals surface area contributed by atoms with Crippen molar-refractivity contribution in [3.63, 3.8) is 0 Å². The van der Waals surface area contributed by atoms with Crippen LogP contribution in [0.25, 0.3) is 0 Å². The number of rotatable bonds is 12. The fourth-order valence-electron chi connectivity index (χ4n) is 4.32. The van der Waals surface area contributed by atoms with Gasteiger partial charge >= 0.3 is 5.91 Å². The van der Waals surface area contributed by atoms with E-state index in [9.17, 15) is 24.4 Å². The molecule has 1 aromatic carbocycles. The highest BCUT2D eigenvalue weighted by Gasteiger charge is 2.50. The average molecular weight is 461 g/mol. The van der Waals surface area contributed by atoms with Gasteiger partial charge in [-0.1, -0.05) is 37.8 Å². The van der Waals surface area contributed by atoms with Crippen molar-refractivity contribution in [1.29, 1.82) is 0 Å². The highest BCUT2D eigenvalue weighted by atomic mass is 16.6. The number of nitrogens with one attached hydrogen (secondary N) is 2. The number of piperidine rings is 1. The van der Waals surface area contributed by atoms with Gasteiger partial charge in [0.1, 0.15) is 17.9 Å². The minimum atomic E-state index is -1.38. The molecule has 3 rings (SSSR count). The number of quaternary nitrogens is 1. The minimum absolute atomic E-state index is 0.0134. The van der Waals surface area contributed by atoms with Crippen LogP contribution in [0.2, 0.25) is 0 Å². The van der Waals surface area contributed by atoms with E-state index in [-0.39, 0.29) is 43.2 Å². The first-order chi connectivity index (χ1) is 15.9. The van der Waals surface area contributed by atoms with E-state index in [0.717, 1.165) is 45.1 Å². The van der Waals surface area contributed by atoms with Crippen LogP contribution in [-0.2, 0) is 20.9 Å². The van der Waals surface area contributed by atoms with Gasteiger partial charge in [0.15, 0.2) is 12.6 Å². The van der Waals surface area contributed by atoms with Crippen molar-refractivity contribution >= 4 is 23.6 Å². The standard InChI is InChI=1S/C23H32N4O6/c24-12-5-3-1-2-4-6-13-25-20(29)15-33-18-9-7-8-16-14-27(32,23(31)21(16)18)17-10-11-19(28)26-22(17)30/h7-9,17H,1-6,10-15,24H2,(H,25,29)(H,26,28,30). The van der Waals surface area contributed by atoms with Crippen LogP contribution in [0.4, 0.5) is 0 Å². The zero-order valence-corrected chi connectivity index (χ0v) is 18.8. The number of hydroxylamine groups is 3. The molecule has 0 radical (unpaired) electrons. The van der Waals surface area contributed by atoms with Gasteiger partial charge in [-0.05, 0) is 25.5 Å². The van der Waals surface area contributed by atoms with Crippen LogP contribution in [0.3, 0.4) is 0 Å². The zero-order valence-electron chi connectivity index (χ0n) is 18.8. The van der Waals surface area contributed by atoms with Crippen molar-refractivity contribution < 1.29 is 28.6 Å². The monoisotopic (exact) mass is 460 g/mol. The molecule has 10 nitrogen and oxygen atoms in total. The van der Waals surface area contributed by atoms with Crippen molar-refractivity contribution in [2.24, 2.45) is 5.73 Å². The minimum Gasteiger partial charge on any atom is -0.624 e. The topological polar surface area (TPSA) is 151 Å². The first kappa shape index (κ1) is 24.8. The maximum Gasteiger partial charge on any atom is 0.351 e. The summed E-state index contributed by atoms with van der Waals surface area (Å²) in [5.41, 5.74) is 6.03. The fraction of sp³-hybridized carbons (Fsp3) is 0.565. The van der Waals surface area contributed by atoms with Gasteiger partial charge in [-0.3, -0.25) is 24.3 Å². The van der Waals surface area contributed by atoms with Crippen molar-refractivity contribution in [3.05, 3.63) is 34.5 Å². The Hall–Kier alpha value is -2.82. The first-order valence-electron chi connectivity index (χ1n) is 11.6. The molecule has 0 bridgehead atoms. The highest BCUT2D eigenvalue weighted by molar-refractivity contribution is 6.02. The Balaban J connectivity index is 1.51. The quantitative estimate of drug-likeness (QED) is 0.184. The summed E-state index contributed by atoms with van der Waals surface area (Å²) < 4.78 is 4.20.